The van der Waals surface area contributed by atoms with E-state index in [1.165, 1.54) is 0 Å². The van der Waals surface area contributed by atoms with Gasteiger partial charge in [0.05, 0.1) is 12.5 Å². The Morgan fingerprint density at radius 2 is 1.45 bits per heavy atom. The Morgan fingerprint density at radius 1 is 0.850 bits per heavy atom. The van der Waals surface area contributed by atoms with Gasteiger partial charge in [-0.3, -0.25) is 24.0 Å². The lowest BCUT2D eigenvalue weighted by Crippen LogP contribution is -2.57. The van der Waals surface area contributed by atoms with E-state index in [0.717, 1.165) is 10.9 Å². The third-order valence-electron chi connectivity index (χ3n) is 6.06. The van der Waals surface area contributed by atoms with E-state index >= 15 is 0 Å². The zero-order valence-electron chi connectivity index (χ0n) is 22.2. The maximum absolute atomic E-state index is 13.4. The molecule has 14 nitrogen and oxygen atoms in total. The van der Waals surface area contributed by atoms with Gasteiger partial charge < -0.3 is 42.0 Å². The number of carbonyl (C=O) groups excluding carboxylic acids is 3. The molecule has 4 atom stereocenters. The van der Waals surface area contributed by atoms with Crippen molar-refractivity contribution in [2.24, 2.45) is 11.7 Å². The van der Waals surface area contributed by atoms with Gasteiger partial charge in [-0.15, -0.1) is 0 Å². The van der Waals surface area contributed by atoms with Gasteiger partial charge in [-0.2, -0.15) is 0 Å². The van der Waals surface area contributed by atoms with Crippen molar-refractivity contribution in [3.63, 3.8) is 0 Å². The van der Waals surface area contributed by atoms with Gasteiger partial charge in [0.15, 0.2) is 0 Å². The van der Waals surface area contributed by atoms with Crippen molar-refractivity contribution in [2.75, 3.05) is 0 Å². The number of fused-ring (bicyclic) bond motifs is 1. The highest BCUT2D eigenvalue weighted by Crippen LogP contribution is 2.19. The Bertz CT molecular complexity index is 1240. The second-order valence-electron chi connectivity index (χ2n) is 9.85. The summed E-state index contributed by atoms with van der Waals surface area (Å²) < 4.78 is 0. The van der Waals surface area contributed by atoms with Crippen LogP contribution >= 0.6 is 0 Å². The van der Waals surface area contributed by atoms with Crippen LogP contribution in [0.3, 0.4) is 0 Å². The minimum Gasteiger partial charge on any atom is -0.481 e. The molecule has 3 amide bonds. The molecule has 0 bridgehead atoms. The van der Waals surface area contributed by atoms with E-state index < -0.39 is 72.6 Å². The topological polar surface area (TPSA) is 241 Å². The number of amides is 3. The summed E-state index contributed by atoms with van der Waals surface area (Å²) in [5.74, 6) is -6.63. The van der Waals surface area contributed by atoms with Crippen molar-refractivity contribution in [2.45, 2.75) is 70.1 Å². The van der Waals surface area contributed by atoms with Crippen molar-refractivity contribution in [1.29, 1.82) is 0 Å². The summed E-state index contributed by atoms with van der Waals surface area (Å²) in [6.45, 7) is 3.53. The van der Waals surface area contributed by atoms with Crippen molar-refractivity contribution < 1.29 is 44.1 Å². The number of rotatable bonds is 16. The fourth-order valence-corrected chi connectivity index (χ4v) is 4.06. The van der Waals surface area contributed by atoms with E-state index in [0.29, 0.717) is 5.56 Å². The third kappa shape index (κ3) is 9.69. The highest BCUT2D eigenvalue weighted by molar-refractivity contribution is 5.95. The Hall–Kier alpha value is -4.46. The van der Waals surface area contributed by atoms with Crippen molar-refractivity contribution in [3.8, 4) is 0 Å². The molecule has 0 saturated carbocycles. The lowest BCUT2D eigenvalue weighted by Gasteiger charge is -2.25. The average molecular weight is 562 g/mol. The van der Waals surface area contributed by atoms with Crippen LogP contribution in [0.15, 0.2) is 30.5 Å². The first-order valence-electron chi connectivity index (χ1n) is 12.7. The molecule has 9 N–H and O–H groups in total. The summed E-state index contributed by atoms with van der Waals surface area (Å²) in [7, 11) is 0. The molecule has 4 unspecified atom stereocenters. The van der Waals surface area contributed by atoms with E-state index in [-0.39, 0.29) is 25.2 Å². The van der Waals surface area contributed by atoms with Gasteiger partial charge in [0.2, 0.25) is 17.7 Å². The van der Waals surface area contributed by atoms with E-state index in [1.807, 2.05) is 0 Å². The zero-order chi connectivity index (χ0) is 30.0. The van der Waals surface area contributed by atoms with Gasteiger partial charge >= 0.3 is 17.9 Å². The minimum atomic E-state index is -1.46. The molecule has 0 spiro atoms. The number of nitrogens with one attached hydrogen (secondary N) is 4. The van der Waals surface area contributed by atoms with Crippen LogP contribution in [0, 0.1) is 5.92 Å². The Labute approximate surface area is 229 Å². The predicted molar refractivity (Wildman–Crippen MR) is 142 cm³/mol. The van der Waals surface area contributed by atoms with Crippen molar-refractivity contribution in [3.05, 3.63) is 36.0 Å². The maximum Gasteiger partial charge on any atom is 0.326 e. The molecular formula is C26H35N5O9. The summed E-state index contributed by atoms with van der Waals surface area (Å²) in [4.78, 5) is 75.9. The third-order valence-corrected chi connectivity index (χ3v) is 6.06. The normalized spacial score (nSPS) is 14.1. The van der Waals surface area contributed by atoms with Crippen LogP contribution in [0.5, 0.6) is 0 Å². The molecule has 1 aromatic heterocycles. The molecule has 0 saturated heterocycles. The number of carboxylic acid groups (broad SMARTS) is 3. The number of carbonyl (C=O) groups is 6. The number of aromatic nitrogens is 1. The van der Waals surface area contributed by atoms with E-state index in [4.69, 9.17) is 15.9 Å². The number of carboxylic acids is 3. The Balaban J connectivity index is 2.32. The molecule has 0 aliphatic carbocycles. The smallest absolute Gasteiger partial charge is 0.326 e. The maximum atomic E-state index is 13.4. The van der Waals surface area contributed by atoms with Crippen LogP contribution in [0.2, 0.25) is 0 Å². The Kier molecular flexibility index (Phi) is 11.6. The van der Waals surface area contributed by atoms with Crippen LogP contribution in [-0.4, -0.2) is 80.1 Å². The number of para-hydroxylation sites is 1. The second kappa shape index (κ2) is 14.6. The van der Waals surface area contributed by atoms with Gasteiger partial charge in [0.25, 0.3) is 0 Å². The van der Waals surface area contributed by atoms with Gasteiger partial charge in [-0.25, -0.2) is 4.79 Å². The van der Waals surface area contributed by atoms with Gasteiger partial charge in [0, 0.05) is 29.9 Å². The summed E-state index contributed by atoms with van der Waals surface area (Å²) >= 11 is 0. The van der Waals surface area contributed by atoms with Crippen molar-refractivity contribution >= 4 is 46.5 Å². The number of hydrogen-bond donors (Lipinski definition) is 8. The first-order chi connectivity index (χ1) is 18.8. The Morgan fingerprint density at radius 3 is 2.05 bits per heavy atom. The SMILES string of the molecule is CC(C)CC(NC(=O)C(CCC(=O)O)NC(=O)C(Cc1c[nH]c2ccccc12)NC(=O)C(N)CC(=O)O)C(=O)O. The number of aliphatic carboxylic acids is 3. The van der Waals surface area contributed by atoms with Crippen LogP contribution in [0.4, 0.5) is 0 Å². The molecule has 0 aliphatic heterocycles. The van der Waals surface area contributed by atoms with Gasteiger partial charge in [0.1, 0.15) is 18.1 Å². The lowest BCUT2D eigenvalue weighted by molar-refractivity contribution is -0.143. The summed E-state index contributed by atoms with van der Waals surface area (Å²) in [5, 5.41) is 35.5. The molecular weight excluding hydrogens is 526 g/mol. The number of H-pyrrole nitrogens is 1. The zero-order valence-corrected chi connectivity index (χ0v) is 22.2. The monoisotopic (exact) mass is 561 g/mol. The molecule has 0 aliphatic rings. The van der Waals surface area contributed by atoms with Crippen LogP contribution < -0.4 is 21.7 Å². The van der Waals surface area contributed by atoms with Gasteiger partial charge in [-0.1, -0.05) is 32.0 Å². The standard InChI is InChI=1S/C26H35N5O9/c1-13(2)9-20(26(39)40)31-24(37)18(7-8-21(32)33)29-25(38)19(30-23(36)16(27)11-22(34)35)10-14-12-28-17-6-4-3-5-15(14)17/h3-6,12-13,16,18-20,28H,7-11,27H2,1-2H3,(H,29,38)(H,30,36)(H,31,37)(H,32,33)(H,34,35)(H,39,40). The quantitative estimate of drug-likeness (QED) is 0.136. The fraction of sp³-hybridized carbons (Fsp3) is 0.462. The van der Waals surface area contributed by atoms with E-state index in [1.54, 1.807) is 44.3 Å². The highest BCUT2D eigenvalue weighted by Gasteiger charge is 2.31. The molecule has 2 rings (SSSR count). The van der Waals surface area contributed by atoms with Gasteiger partial charge in [-0.05, 0) is 30.4 Å². The highest BCUT2D eigenvalue weighted by atomic mass is 16.4. The molecule has 0 fully saturated rings. The van der Waals surface area contributed by atoms with E-state index in [2.05, 4.69) is 20.9 Å². The first-order valence-corrected chi connectivity index (χ1v) is 12.7. The predicted octanol–water partition coefficient (Wildman–Crippen LogP) is -0.0377. The summed E-state index contributed by atoms with van der Waals surface area (Å²) in [6, 6.07) is 1.66. The first kappa shape index (κ1) is 31.8. The number of nitrogens with two attached hydrogens (primary N) is 1. The van der Waals surface area contributed by atoms with E-state index in [9.17, 15) is 33.9 Å². The van der Waals surface area contributed by atoms with Crippen molar-refractivity contribution in [1.82, 2.24) is 20.9 Å². The number of hydrogen-bond acceptors (Lipinski definition) is 7. The molecule has 218 valence electrons. The molecule has 40 heavy (non-hydrogen) atoms. The average Bonchev–Trinajstić information content (AvgIpc) is 3.27. The lowest BCUT2D eigenvalue weighted by atomic mass is 10.0. The van der Waals surface area contributed by atoms with Crippen LogP contribution in [0.1, 0.15) is 45.1 Å². The summed E-state index contributed by atoms with van der Waals surface area (Å²) in [6.07, 6.45) is 0.0905. The van der Waals surface area contributed by atoms with Crippen LogP contribution in [0.25, 0.3) is 10.9 Å². The minimum absolute atomic E-state index is 0.0836. The largest absolute Gasteiger partial charge is 0.481 e. The second-order valence-corrected chi connectivity index (χ2v) is 9.85. The molecule has 0 radical (unpaired) electrons. The molecule has 1 heterocycles. The number of benzene rings is 1. The molecule has 1 aromatic carbocycles. The number of aromatic amines is 1. The molecule has 2 aromatic rings. The van der Waals surface area contributed by atoms with Crippen LogP contribution in [-0.2, 0) is 35.2 Å². The fourth-order valence-electron chi connectivity index (χ4n) is 4.06. The molecule has 14 heteroatoms. The summed E-state index contributed by atoms with van der Waals surface area (Å²) in [5.41, 5.74) is 7.05.